The third-order valence-corrected chi connectivity index (χ3v) is 4.74. The largest absolute Gasteiger partial charge is 0.466 e. The summed E-state index contributed by atoms with van der Waals surface area (Å²) in [5.41, 5.74) is 0.220. The fraction of sp³-hybridized carbons (Fsp3) is 0.591. The molecule has 1 aromatic rings. The summed E-state index contributed by atoms with van der Waals surface area (Å²) in [4.78, 5) is 38.8. The maximum Gasteiger partial charge on any atom is 0.408 e. The molecule has 0 radical (unpaired) electrons. The zero-order valence-electron chi connectivity index (χ0n) is 17.8. The number of esters is 1. The molecule has 29 heavy (non-hydrogen) atoms. The summed E-state index contributed by atoms with van der Waals surface area (Å²) in [6.45, 7) is 8.56. The monoisotopic (exact) mass is 404 g/mol. The molecule has 1 aromatic carbocycles. The van der Waals surface area contributed by atoms with Gasteiger partial charge in [-0.05, 0) is 46.1 Å². The molecule has 1 fully saturated rings. The summed E-state index contributed by atoms with van der Waals surface area (Å²) in [6.07, 6.45) is 0.771. The molecule has 7 nitrogen and oxygen atoms in total. The second kappa shape index (κ2) is 10.3. The molecule has 1 saturated heterocycles. The number of alkyl carbamates (subject to hydrolysis) is 1. The highest BCUT2D eigenvalue weighted by Crippen LogP contribution is 2.23. The summed E-state index contributed by atoms with van der Waals surface area (Å²) in [5, 5.41) is 2.82. The fourth-order valence-electron chi connectivity index (χ4n) is 3.32. The van der Waals surface area contributed by atoms with Crippen LogP contribution >= 0.6 is 0 Å². The van der Waals surface area contributed by atoms with E-state index in [2.05, 4.69) is 5.32 Å². The molecule has 1 unspecified atom stereocenters. The first-order valence-electron chi connectivity index (χ1n) is 10.2. The first-order chi connectivity index (χ1) is 13.7. The second-order valence-electron chi connectivity index (χ2n) is 8.22. The number of carbonyl (C=O) groups is 3. The lowest BCUT2D eigenvalue weighted by Crippen LogP contribution is -2.43. The number of likely N-dealkylation sites (tertiary alicyclic amines) is 1. The highest BCUT2D eigenvalue weighted by atomic mass is 16.6. The van der Waals surface area contributed by atoms with Gasteiger partial charge < -0.3 is 19.7 Å². The van der Waals surface area contributed by atoms with E-state index in [9.17, 15) is 14.4 Å². The molecule has 1 atom stereocenters. The van der Waals surface area contributed by atoms with Gasteiger partial charge in [0, 0.05) is 13.1 Å². The van der Waals surface area contributed by atoms with Gasteiger partial charge in [-0.2, -0.15) is 0 Å². The van der Waals surface area contributed by atoms with Gasteiger partial charge in [-0.3, -0.25) is 9.59 Å². The average molecular weight is 405 g/mol. The molecule has 0 saturated carbocycles. The minimum absolute atomic E-state index is 0.0581. The Morgan fingerprint density at radius 3 is 2.31 bits per heavy atom. The summed E-state index contributed by atoms with van der Waals surface area (Å²) in [7, 11) is 0. The molecule has 0 spiro atoms. The lowest BCUT2D eigenvalue weighted by atomic mass is 9.96. The van der Waals surface area contributed by atoms with Crippen molar-refractivity contribution in [3.8, 4) is 0 Å². The number of nitrogens with zero attached hydrogens (tertiary/aromatic N) is 1. The van der Waals surface area contributed by atoms with Crippen LogP contribution in [0.1, 0.15) is 58.6 Å². The molecule has 0 bridgehead atoms. The van der Waals surface area contributed by atoms with Crippen LogP contribution in [0.25, 0.3) is 0 Å². The number of benzene rings is 1. The lowest BCUT2D eigenvalue weighted by Gasteiger charge is -2.32. The van der Waals surface area contributed by atoms with E-state index in [1.165, 1.54) is 0 Å². The van der Waals surface area contributed by atoms with Gasteiger partial charge in [0.1, 0.15) is 5.60 Å². The molecule has 2 amide bonds. The summed E-state index contributed by atoms with van der Waals surface area (Å²) >= 11 is 0. The van der Waals surface area contributed by atoms with Crippen LogP contribution in [0, 0.1) is 5.92 Å². The van der Waals surface area contributed by atoms with Gasteiger partial charge in [0.05, 0.1) is 25.0 Å². The SMILES string of the molecule is CCOC(=O)C1CCN(C(=O)CC(NC(=O)OC(C)(C)C)c2ccccc2)CC1. The van der Waals surface area contributed by atoms with Gasteiger partial charge in [0.25, 0.3) is 0 Å². The third kappa shape index (κ3) is 7.40. The van der Waals surface area contributed by atoms with Crippen molar-refractivity contribution in [1.29, 1.82) is 0 Å². The van der Waals surface area contributed by atoms with Gasteiger partial charge in [-0.25, -0.2) is 4.79 Å². The molecule has 1 aliphatic heterocycles. The number of hydrogen-bond donors (Lipinski definition) is 1. The summed E-state index contributed by atoms with van der Waals surface area (Å²) < 4.78 is 10.4. The number of carbonyl (C=O) groups excluding carboxylic acids is 3. The predicted octanol–water partition coefficient (Wildman–Crippen LogP) is 3.44. The van der Waals surface area contributed by atoms with Gasteiger partial charge in [0.15, 0.2) is 0 Å². The second-order valence-corrected chi connectivity index (χ2v) is 8.22. The van der Waals surface area contributed by atoms with E-state index < -0.39 is 17.7 Å². The number of ether oxygens (including phenoxy) is 2. The van der Waals surface area contributed by atoms with Crippen molar-refractivity contribution in [2.45, 2.75) is 58.6 Å². The van der Waals surface area contributed by atoms with Crippen LogP contribution in [0.5, 0.6) is 0 Å². The molecule has 1 N–H and O–H groups in total. The highest BCUT2D eigenvalue weighted by molar-refractivity contribution is 5.79. The molecule has 7 heteroatoms. The zero-order chi connectivity index (χ0) is 21.4. The Balaban J connectivity index is 1.99. The van der Waals surface area contributed by atoms with Crippen molar-refractivity contribution in [1.82, 2.24) is 10.2 Å². The van der Waals surface area contributed by atoms with Crippen molar-refractivity contribution in [3.05, 3.63) is 35.9 Å². The normalized spacial score (nSPS) is 16.1. The summed E-state index contributed by atoms with van der Waals surface area (Å²) in [5.74, 6) is -0.394. The van der Waals surface area contributed by atoms with Gasteiger partial charge in [0.2, 0.25) is 5.91 Å². The van der Waals surface area contributed by atoms with Crippen molar-refractivity contribution in [2.24, 2.45) is 5.92 Å². The van der Waals surface area contributed by atoms with Crippen LogP contribution in [-0.4, -0.2) is 48.2 Å². The lowest BCUT2D eigenvalue weighted by molar-refractivity contribution is -0.151. The van der Waals surface area contributed by atoms with E-state index in [0.29, 0.717) is 32.5 Å². The maximum absolute atomic E-state index is 12.9. The van der Waals surface area contributed by atoms with Gasteiger partial charge in [-0.1, -0.05) is 30.3 Å². The van der Waals surface area contributed by atoms with Gasteiger partial charge >= 0.3 is 12.1 Å². The number of nitrogens with one attached hydrogen (secondary N) is 1. The molecular weight excluding hydrogens is 372 g/mol. The molecule has 2 rings (SSSR count). The van der Waals surface area contributed by atoms with E-state index in [1.807, 2.05) is 30.3 Å². The molecule has 0 aliphatic carbocycles. The van der Waals surface area contributed by atoms with Crippen molar-refractivity contribution < 1.29 is 23.9 Å². The van der Waals surface area contributed by atoms with E-state index in [0.717, 1.165) is 5.56 Å². The Morgan fingerprint density at radius 1 is 1.14 bits per heavy atom. The number of rotatable bonds is 6. The van der Waals surface area contributed by atoms with Crippen LogP contribution in [0.15, 0.2) is 30.3 Å². The minimum atomic E-state index is -0.621. The molecule has 1 heterocycles. The van der Waals surface area contributed by atoms with E-state index >= 15 is 0 Å². The zero-order valence-corrected chi connectivity index (χ0v) is 17.8. The number of hydrogen-bond acceptors (Lipinski definition) is 5. The van der Waals surface area contributed by atoms with Crippen LogP contribution < -0.4 is 5.32 Å². The number of piperidine rings is 1. The predicted molar refractivity (Wildman–Crippen MR) is 109 cm³/mol. The standard InChI is InChI=1S/C22H32N2O5/c1-5-28-20(26)17-11-13-24(14-12-17)19(25)15-18(16-9-7-6-8-10-16)23-21(27)29-22(2,3)4/h6-10,17-18H,5,11-15H2,1-4H3,(H,23,27). The molecular formula is C22H32N2O5. The average Bonchev–Trinajstić information content (AvgIpc) is 2.67. The quantitative estimate of drug-likeness (QED) is 0.734. The third-order valence-electron chi connectivity index (χ3n) is 4.74. The van der Waals surface area contributed by atoms with Crippen molar-refractivity contribution in [2.75, 3.05) is 19.7 Å². The molecule has 160 valence electrons. The molecule has 1 aliphatic rings. The Labute approximate surface area is 172 Å². The Bertz CT molecular complexity index is 691. The minimum Gasteiger partial charge on any atom is -0.466 e. The smallest absolute Gasteiger partial charge is 0.408 e. The first-order valence-corrected chi connectivity index (χ1v) is 10.2. The first kappa shape index (κ1) is 22.7. The van der Waals surface area contributed by atoms with Crippen LogP contribution in [-0.2, 0) is 19.1 Å². The Morgan fingerprint density at radius 2 is 1.76 bits per heavy atom. The van der Waals surface area contributed by atoms with E-state index in [-0.39, 0.29) is 24.2 Å². The topological polar surface area (TPSA) is 84.9 Å². The Kier molecular flexibility index (Phi) is 8.05. The van der Waals surface area contributed by atoms with Crippen LogP contribution in [0.2, 0.25) is 0 Å². The Hall–Kier alpha value is -2.57. The van der Waals surface area contributed by atoms with Gasteiger partial charge in [-0.15, -0.1) is 0 Å². The number of amides is 2. The van der Waals surface area contributed by atoms with Crippen molar-refractivity contribution in [3.63, 3.8) is 0 Å². The summed E-state index contributed by atoms with van der Waals surface area (Å²) in [6, 6.07) is 8.89. The van der Waals surface area contributed by atoms with Crippen LogP contribution in [0.3, 0.4) is 0 Å². The van der Waals surface area contributed by atoms with Crippen molar-refractivity contribution >= 4 is 18.0 Å². The van der Waals surface area contributed by atoms with E-state index in [1.54, 1.807) is 32.6 Å². The molecule has 0 aromatic heterocycles. The maximum atomic E-state index is 12.9. The highest BCUT2D eigenvalue weighted by Gasteiger charge is 2.30. The van der Waals surface area contributed by atoms with E-state index in [4.69, 9.17) is 9.47 Å². The van der Waals surface area contributed by atoms with Crippen LogP contribution in [0.4, 0.5) is 4.79 Å². The fourth-order valence-corrected chi connectivity index (χ4v) is 3.32.